The summed E-state index contributed by atoms with van der Waals surface area (Å²) in [6, 6.07) is 14.3. The molecule has 2 nitrogen and oxygen atoms in total. The number of rotatable bonds is 6. The van der Waals surface area contributed by atoms with Crippen LogP contribution in [0.25, 0.3) is 0 Å². The van der Waals surface area contributed by atoms with Crippen molar-refractivity contribution < 1.29 is 4.79 Å². The number of benzene rings is 2. The van der Waals surface area contributed by atoms with Crippen LogP contribution in [0.2, 0.25) is 0 Å². The summed E-state index contributed by atoms with van der Waals surface area (Å²) in [5.41, 5.74) is 4.47. The van der Waals surface area contributed by atoms with Crippen molar-refractivity contribution in [3.8, 4) is 0 Å². The molecule has 0 fully saturated rings. The molecule has 1 amide bonds. The molecule has 0 aliphatic carbocycles. The normalized spacial score (nSPS) is 12.2. The fraction of sp³-hybridized carbons (Fsp3) is 0.381. The van der Waals surface area contributed by atoms with Gasteiger partial charge >= 0.3 is 0 Å². The van der Waals surface area contributed by atoms with Crippen LogP contribution in [0.4, 0.5) is 0 Å². The highest BCUT2D eigenvalue weighted by Crippen LogP contribution is 2.27. The first-order valence-electron chi connectivity index (χ1n) is 8.56. The minimum atomic E-state index is 0.00354. The number of carbonyl (C=O) groups is 1. The van der Waals surface area contributed by atoms with Gasteiger partial charge in [0.15, 0.2) is 0 Å². The van der Waals surface area contributed by atoms with Crippen LogP contribution in [0.5, 0.6) is 0 Å². The molecule has 0 aromatic heterocycles. The van der Waals surface area contributed by atoms with Crippen molar-refractivity contribution in [3.05, 3.63) is 64.7 Å². The predicted octanol–water partition coefficient (Wildman–Crippen LogP) is 5.69. The van der Waals surface area contributed by atoms with Crippen LogP contribution in [0, 0.1) is 13.8 Å². The van der Waals surface area contributed by atoms with E-state index in [-0.39, 0.29) is 11.9 Å². The van der Waals surface area contributed by atoms with Crippen molar-refractivity contribution in [2.75, 3.05) is 0 Å². The van der Waals surface area contributed by atoms with Gasteiger partial charge in [-0.3, -0.25) is 4.79 Å². The van der Waals surface area contributed by atoms with E-state index < -0.39 is 0 Å². The Morgan fingerprint density at radius 3 is 2.42 bits per heavy atom. The number of amides is 1. The second-order valence-electron chi connectivity index (χ2n) is 6.44. The van der Waals surface area contributed by atoms with Crippen molar-refractivity contribution >= 4 is 17.7 Å². The van der Waals surface area contributed by atoms with Gasteiger partial charge in [-0.05, 0) is 49.1 Å². The molecule has 128 valence electrons. The fourth-order valence-electron chi connectivity index (χ4n) is 2.65. The highest BCUT2D eigenvalue weighted by atomic mass is 32.2. The molecule has 0 saturated heterocycles. The van der Waals surface area contributed by atoms with Gasteiger partial charge < -0.3 is 5.32 Å². The van der Waals surface area contributed by atoms with E-state index in [1.54, 1.807) is 11.8 Å². The van der Waals surface area contributed by atoms with Gasteiger partial charge in [-0.1, -0.05) is 51.1 Å². The second-order valence-corrected chi connectivity index (χ2v) is 8.06. The minimum Gasteiger partial charge on any atom is -0.345 e. The summed E-state index contributed by atoms with van der Waals surface area (Å²) in [4.78, 5) is 13.9. The van der Waals surface area contributed by atoms with Gasteiger partial charge in [-0.15, -0.1) is 11.8 Å². The highest BCUT2D eigenvalue weighted by Gasteiger charge is 2.17. The number of hydrogen-bond acceptors (Lipinski definition) is 2. The Labute approximate surface area is 150 Å². The lowest BCUT2D eigenvalue weighted by molar-refractivity contribution is 0.0932. The Bertz CT molecular complexity index is 709. The molecule has 0 aliphatic heterocycles. The van der Waals surface area contributed by atoms with E-state index in [4.69, 9.17) is 0 Å². The molecule has 1 N–H and O–H groups in total. The Hall–Kier alpha value is -1.74. The van der Waals surface area contributed by atoms with Gasteiger partial charge in [-0.2, -0.15) is 0 Å². The van der Waals surface area contributed by atoms with Crippen LogP contribution >= 0.6 is 11.8 Å². The van der Waals surface area contributed by atoms with E-state index in [0.717, 1.165) is 16.9 Å². The van der Waals surface area contributed by atoms with E-state index in [1.165, 1.54) is 16.7 Å². The first kappa shape index (κ1) is 18.6. The van der Waals surface area contributed by atoms with Crippen molar-refractivity contribution in [2.24, 2.45) is 0 Å². The highest BCUT2D eigenvalue weighted by molar-refractivity contribution is 8.00. The number of carbonyl (C=O) groups excluding carboxylic acids is 1. The monoisotopic (exact) mass is 341 g/mol. The summed E-state index contributed by atoms with van der Waals surface area (Å²) < 4.78 is 0. The molecule has 2 aromatic rings. The number of hydrogen-bond donors (Lipinski definition) is 1. The molecule has 1 atom stereocenters. The third kappa shape index (κ3) is 4.64. The first-order valence-corrected chi connectivity index (χ1v) is 9.44. The minimum absolute atomic E-state index is 0.00354. The zero-order valence-electron chi connectivity index (χ0n) is 15.2. The maximum Gasteiger partial charge on any atom is 0.252 e. The summed E-state index contributed by atoms with van der Waals surface area (Å²) in [5.74, 6) is 0.00354. The molecule has 0 heterocycles. The van der Waals surface area contributed by atoms with Gasteiger partial charge in [0.1, 0.15) is 0 Å². The average molecular weight is 342 g/mol. The molecule has 2 rings (SSSR count). The van der Waals surface area contributed by atoms with Gasteiger partial charge in [0, 0.05) is 10.1 Å². The topological polar surface area (TPSA) is 29.1 Å². The zero-order chi connectivity index (χ0) is 17.7. The molecule has 0 aliphatic rings. The molecule has 0 spiro atoms. The van der Waals surface area contributed by atoms with Crippen molar-refractivity contribution in [3.63, 3.8) is 0 Å². The van der Waals surface area contributed by atoms with E-state index in [1.807, 2.05) is 24.3 Å². The van der Waals surface area contributed by atoms with E-state index >= 15 is 0 Å². The van der Waals surface area contributed by atoms with Crippen LogP contribution in [-0.4, -0.2) is 11.2 Å². The molecular formula is C21H27NOS. The van der Waals surface area contributed by atoms with E-state index in [9.17, 15) is 4.79 Å². The molecule has 0 saturated carbocycles. The van der Waals surface area contributed by atoms with E-state index in [0.29, 0.717) is 5.25 Å². The number of nitrogens with one attached hydrogen (secondary N) is 1. The molecule has 2 aromatic carbocycles. The summed E-state index contributed by atoms with van der Waals surface area (Å²) in [7, 11) is 0. The van der Waals surface area contributed by atoms with Gasteiger partial charge in [0.2, 0.25) is 0 Å². The molecule has 0 radical (unpaired) electrons. The van der Waals surface area contributed by atoms with Crippen molar-refractivity contribution in [2.45, 2.75) is 57.2 Å². The Morgan fingerprint density at radius 2 is 1.79 bits per heavy atom. The lowest BCUT2D eigenvalue weighted by atomic mass is 9.99. The van der Waals surface area contributed by atoms with Gasteiger partial charge in [0.05, 0.1) is 11.6 Å². The van der Waals surface area contributed by atoms with Gasteiger partial charge in [-0.25, -0.2) is 0 Å². The third-order valence-electron chi connectivity index (χ3n) is 4.14. The smallest absolute Gasteiger partial charge is 0.252 e. The second kappa shape index (κ2) is 8.39. The molecular weight excluding hydrogens is 314 g/mol. The lowest BCUT2D eigenvalue weighted by Crippen LogP contribution is -2.28. The largest absolute Gasteiger partial charge is 0.345 e. The average Bonchev–Trinajstić information content (AvgIpc) is 2.55. The summed E-state index contributed by atoms with van der Waals surface area (Å²) >= 11 is 1.73. The standard InChI is InChI=1S/C21H27NOS/c1-6-19(17-12-11-15(4)16(5)13-17)22-21(23)18-9-7-8-10-20(18)24-14(2)3/h7-14,19H,6H2,1-5H3,(H,22,23)/t19-/m0/s1. The van der Waals surface area contributed by atoms with Crippen LogP contribution in [0.15, 0.2) is 47.4 Å². The molecule has 0 unspecified atom stereocenters. The predicted molar refractivity (Wildman–Crippen MR) is 104 cm³/mol. The molecule has 24 heavy (non-hydrogen) atoms. The summed E-state index contributed by atoms with van der Waals surface area (Å²) in [6.45, 7) is 10.6. The summed E-state index contributed by atoms with van der Waals surface area (Å²) in [6.07, 6.45) is 0.869. The van der Waals surface area contributed by atoms with Crippen LogP contribution < -0.4 is 5.32 Å². The number of aryl methyl sites for hydroxylation is 2. The van der Waals surface area contributed by atoms with Crippen molar-refractivity contribution in [1.29, 1.82) is 0 Å². The van der Waals surface area contributed by atoms with E-state index in [2.05, 4.69) is 58.1 Å². The number of thioether (sulfide) groups is 1. The maximum absolute atomic E-state index is 12.8. The van der Waals surface area contributed by atoms with Crippen LogP contribution in [0.1, 0.15) is 60.3 Å². The Morgan fingerprint density at radius 1 is 1.08 bits per heavy atom. The summed E-state index contributed by atoms with van der Waals surface area (Å²) in [5, 5.41) is 3.65. The maximum atomic E-state index is 12.8. The first-order chi connectivity index (χ1) is 11.4. The fourth-order valence-corrected chi connectivity index (χ4v) is 3.60. The van der Waals surface area contributed by atoms with Crippen LogP contribution in [0.3, 0.4) is 0 Å². The Kier molecular flexibility index (Phi) is 6.50. The van der Waals surface area contributed by atoms with Crippen LogP contribution in [-0.2, 0) is 0 Å². The molecule has 3 heteroatoms. The van der Waals surface area contributed by atoms with Gasteiger partial charge in [0.25, 0.3) is 5.91 Å². The quantitative estimate of drug-likeness (QED) is 0.684. The SMILES string of the molecule is CC[C@H](NC(=O)c1ccccc1SC(C)C)c1ccc(C)c(C)c1. The lowest BCUT2D eigenvalue weighted by Gasteiger charge is -2.20. The Balaban J connectivity index is 2.22. The third-order valence-corrected chi connectivity index (χ3v) is 5.22. The zero-order valence-corrected chi connectivity index (χ0v) is 16.0. The molecule has 0 bridgehead atoms. The van der Waals surface area contributed by atoms with Crippen molar-refractivity contribution in [1.82, 2.24) is 5.32 Å².